The van der Waals surface area contributed by atoms with Gasteiger partial charge in [-0.25, -0.2) is 4.85 Å². The molecule has 4 nitrogen and oxygen atoms in total. The third-order valence-corrected chi connectivity index (χ3v) is 8.17. The highest BCUT2D eigenvalue weighted by molar-refractivity contribution is 6.15. The smallest absolute Gasteiger partial charge is 0.210 e. The Balaban J connectivity index is 1.51. The van der Waals surface area contributed by atoms with Crippen molar-refractivity contribution in [3.8, 4) is 28.6 Å². The monoisotopic (exact) mass is 534 g/mol. The van der Waals surface area contributed by atoms with Crippen LogP contribution in [0, 0.1) is 17.9 Å². The zero-order valence-electron chi connectivity index (χ0n) is 22.5. The maximum absolute atomic E-state index is 9.63. The molecule has 0 atom stereocenters. The highest BCUT2D eigenvalue weighted by Crippen LogP contribution is 2.43. The lowest BCUT2D eigenvalue weighted by Crippen LogP contribution is -1.99. The molecule has 0 unspecified atom stereocenters. The zero-order valence-corrected chi connectivity index (χ0v) is 22.5. The number of hydrogen-bond donors (Lipinski definition) is 0. The molecule has 0 saturated heterocycles. The van der Waals surface area contributed by atoms with E-state index in [4.69, 9.17) is 6.57 Å². The van der Waals surface area contributed by atoms with Crippen LogP contribution in [-0.2, 0) is 0 Å². The summed E-state index contributed by atoms with van der Waals surface area (Å²) in [6.07, 6.45) is 0. The molecule has 6 aromatic carbocycles. The number of hydrogen-bond acceptors (Lipinski definition) is 1. The van der Waals surface area contributed by atoms with E-state index in [9.17, 15) is 5.26 Å². The Bertz CT molecular complexity index is 2440. The van der Waals surface area contributed by atoms with Crippen molar-refractivity contribution >= 4 is 49.3 Å². The minimum absolute atomic E-state index is 0.610. The third kappa shape index (κ3) is 3.33. The number of nitriles is 1. The van der Waals surface area contributed by atoms with Gasteiger partial charge in [-0.05, 0) is 42.5 Å². The number of aromatic nitrogens is 2. The van der Waals surface area contributed by atoms with Crippen molar-refractivity contribution in [2.75, 3.05) is 0 Å². The first-order chi connectivity index (χ1) is 20.8. The van der Waals surface area contributed by atoms with Gasteiger partial charge in [0, 0.05) is 32.7 Å². The van der Waals surface area contributed by atoms with Gasteiger partial charge < -0.3 is 9.13 Å². The molecule has 0 spiro atoms. The van der Waals surface area contributed by atoms with Crippen LogP contribution in [0.3, 0.4) is 0 Å². The zero-order chi connectivity index (χ0) is 28.2. The Hall–Kier alpha value is -6.10. The molecule has 194 valence electrons. The van der Waals surface area contributed by atoms with Gasteiger partial charge in [-0.15, -0.1) is 0 Å². The summed E-state index contributed by atoms with van der Waals surface area (Å²) >= 11 is 0. The molecule has 0 saturated carbocycles. The highest BCUT2D eigenvalue weighted by Gasteiger charge is 2.21. The number of fused-ring (bicyclic) bond motifs is 6. The molecule has 2 heterocycles. The third-order valence-electron chi connectivity index (χ3n) is 8.17. The largest absolute Gasteiger partial charge is 0.318 e. The van der Waals surface area contributed by atoms with Crippen molar-refractivity contribution in [1.82, 2.24) is 9.13 Å². The molecular weight excluding hydrogens is 512 g/mol. The van der Waals surface area contributed by atoms with Gasteiger partial charge in [0.2, 0.25) is 5.69 Å². The van der Waals surface area contributed by atoms with Crippen molar-refractivity contribution in [2.24, 2.45) is 0 Å². The van der Waals surface area contributed by atoms with Gasteiger partial charge in [0.05, 0.1) is 51.6 Å². The summed E-state index contributed by atoms with van der Waals surface area (Å²) in [5.41, 5.74) is 9.60. The van der Waals surface area contributed by atoms with Crippen molar-refractivity contribution in [1.29, 1.82) is 5.26 Å². The predicted octanol–water partition coefficient (Wildman–Crippen LogP) is 9.97. The van der Waals surface area contributed by atoms with Gasteiger partial charge in [0.15, 0.2) is 0 Å². The molecule has 0 N–H and O–H groups in total. The van der Waals surface area contributed by atoms with E-state index >= 15 is 0 Å². The second-order valence-corrected chi connectivity index (χ2v) is 10.4. The molecule has 0 fully saturated rings. The summed E-state index contributed by atoms with van der Waals surface area (Å²) in [4.78, 5) is 3.89. The molecule has 2 aromatic heterocycles. The summed E-state index contributed by atoms with van der Waals surface area (Å²) in [6.45, 7) is 7.92. The Kier molecular flexibility index (Phi) is 5.22. The molecule has 0 aliphatic heterocycles. The second kappa shape index (κ2) is 9.24. The highest BCUT2D eigenvalue weighted by atomic mass is 15.0. The SMILES string of the molecule is [C-]#[N+]c1ccccc1-n1c2ccccc2c2cccc(-c3ccccc3-n3c4ccccc4c4cc(C#N)ccc43)c21. The molecule has 8 rings (SSSR count). The average Bonchev–Trinajstić information content (AvgIpc) is 3.57. The van der Waals surface area contributed by atoms with E-state index in [2.05, 4.69) is 105 Å². The summed E-state index contributed by atoms with van der Waals surface area (Å²) in [5, 5.41) is 14.1. The summed E-state index contributed by atoms with van der Waals surface area (Å²) in [5.74, 6) is 0. The number of rotatable bonds is 3. The molecule has 0 radical (unpaired) electrons. The van der Waals surface area contributed by atoms with Gasteiger partial charge in [-0.3, -0.25) is 0 Å². The van der Waals surface area contributed by atoms with E-state index in [0.29, 0.717) is 11.3 Å². The molecule has 0 aliphatic carbocycles. The lowest BCUT2D eigenvalue weighted by atomic mass is 9.99. The quantitative estimate of drug-likeness (QED) is 0.208. The van der Waals surface area contributed by atoms with Crippen LogP contribution in [-0.4, -0.2) is 9.13 Å². The van der Waals surface area contributed by atoms with Gasteiger partial charge in [0.25, 0.3) is 0 Å². The maximum Gasteiger partial charge on any atom is 0.210 e. The van der Waals surface area contributed by atoms with Crippen LogP contribution >= 0.6 is 0 Å². The summed E-state index contributed by atoms with van der Waals surface area (Å²) in [7, 11) is 0. The van der Waals surface area contributed by atoms with Crippen LogP contribution < -0.4 is 0 Å². The Labute approximate surface area is 242 Å². The fourth-order valence-electron chi connectivity index (χ4n) is 6.43. The Morgan fingerprint density at radius 3 is 1.90 bits per heavy atom. The number of benzene rings is 6. The lowest BCUT2D eigenvalue weighted by Gasteiger charge is -2.17. The fourth-order valence-corrected chi connectivity index (χ4v) is 6.43. The van der Waals surface area contributed by atoms with E-state index < -0.39 is 0 Å². The van der Waals surface area contributed by atoms with Crippen LogP contribution in [0.5, 0.6) is 0 Å². The van der Waals surface area contributed by atoms with Crippen molar-refractivity contribution in [2.45, 2.75) is 0 Å². The minimum atomic E-state index is 0.610. The van der Waals surface area contributed by atoms with Gasteiger partial charge in [-0.1, -0.05) is 91.0 Å². The van der Waals surface area contributed by atoms with Crippen LogP contribution in [0.4, 0.5) is 5.69 Å². The van der Waals surface area contributed by atoms with Crippen LogP contribution in [0.1, 0.15) is 5.56 Å². The Morgan fingerprint density at radius 2 is 1.12 bits per heavy atom. The average molecular weight is 535 g/mol. The van der Waals surface area contributed by atoms with E-state index in [-0.39, 0.29) is 0 Å². The standard InChI is InChI=1S/C38H22N4/c1-40-32-16-5-9-20-37(32)42-35-19-8-3-12-27(35)30-15-10-14-29(38(30)42)26-11-2-6-17-33(26)41-34-18-7-4-13-28(34)31-23-25(24-39)21-22-36(31)41/h2-23H. The molecular formula is C38H22N4. The summed E-state index contributed by atoms with van der Waals surface area (Å²) in [6, 6.07) is 47.8. The van der Waals surface area contributed by atoms with Gasteiger partial charge >= 0.3 is 0 Å². The van der Waals surface area contributed by atoms with Crippen LogP contribution in [0.25, 0.3) is 71.0 Å². The molecule has 0 bridgehead atoms. The van der Waals surface area contributed by atoms with Crippen molar-refractivity contribution in [3.05, 3.63) is 150 Å². The molecule has 42 heavy (non-hydrogen) atoms. The number of para-hydroxylation sites is 6. The summed E-state index contributed by atoms with van der Waals surface area (Å²) < 4.78 is 4.55. The first kappa shape index (κ1) is 23.8. The molecule has 0 aliphatic rings. The lowest BCUT2D eigenvalue weighted by molar-refractivity contribution is 1.17. The second-order valence-electron chi connectivity index (χ2n) is 10.4. The van der Waals surface area contributed by atoms with Crippen LogP contribution in [0.2, 0.25) is 0 Å². The molecule has 8 aromatic rings. The normalized spacial score (nSPS) is 11.3. The first-order valence-electron chi connectivity index (χ1n) is 13.8. The van der Waals surface area contributed by atoms with Gasteiger partial charge in [-0.2, -0.15) is 5.26 Å². The fraction of sp³-hybridized carbons (Fsp3) is 0. The van der Waals surface area contributed by atoms with Crippen molar-refractivity contribution < 1.29 is 0 Å². The molecule has 0 amide bonds. The maximum atomic E-state index is 9.63. The van der Waals surface area contributed by atoms with E-state index in [1.807, 2.05) is 48.5 Å². The van der Waals surface area contributed by atoms with E-state index in [0.717, 1.165) is 66.1 Å². The van der Waals surface area contributed by atoms with Crippen LogP contribution in [0.15, 0.2) is 133 Å². The Morgan fingerprint density at radius 1 is 0.524 bits per heavy atom. The van der Waals surface area contributed by atoms with E-state index in [1.54, 1.807) is 0 Å². The topological polar surface area (TPSA) is 38.0 Å². The van der Waals surface area contributed by atoms with Gasteiger partial charge in [0.1, 0.15) is 0 Å². The minimum Gasteiger partial charge on any atom is -0.318 e. The van der Waals surface area contributed by atoms with E-state index in [1.165, 1.54) is 0 Å². The number of nitrogens with zero attached hydrogens (tertiary/aromatic N) is 4. The first-order valence-corrected chi connectivity index (χ1v) is 13.8. The predicted molar refractivity (Wildman–Crippen MR) is 172 cm³/mol. The van der Waals surface area contributed by atoms with Crippen molar-refractivity contribution in [3.63, 3.8) is 0 Å². The molecule has 4 heteroatoms.